The third-order valence-electron chi connectivity index (χ3n) is 0.934. The third-order valence-corrected chi connectivity index (χ3v) is 0.934. The first kappa shape index (κ1) is 8.33. The number of oxime groups is 1. The van der Waals surface area contributed by atoms with E-state index < -0.39 is 18.1 Å². The summed E-state index contributed by atoms with van der Waals surface area (Å²) in [6.07, 6.45) is 0. The van der Waals surface area contributed by atoms with E-state index in [9.17, 15) is 8.78 Å². The van der Waals surface area contributed by atoms with Crippen LogP contribution in [-0.2, 0) is 0 Å². The zero-order chi connectivity index (χ0) is 7.49. The second kappa shape index (κ2) is 2.75. The summed E-state index contributed by atoms with van der Waals surface area (Å²) in [5.41, 5.74) is -2.34. The van der Waals surface area contributed by atoms with Gasteiger partial charge in [0.05, 0.1) is 0 Å². The summed E-state index contributed by atoms with van der Waals surface area (Å²) in [5.74, 6) is 0. The fraction of sp³-hybridized carbons (Fsp3) is 0.800. The molecular weight excluding hydrogens is 128 g/mol. The van der Waals surface area contributed by atoms with Crippen molar-refractivity contribution in [1.29, 1.82) is 0 Å². The van der Waals surface area contributed by atoms with Crippen LogP contribution >= 0.6 is 0 Å². The number of alkyl halides is 2. The fourth-order valence-corrected chi connectivity index (χ4v) is 0.305. The molecule has 0 aliphatic rings. The molecule has 4 heteroatoms. The van der Waals surface area contributed by atoms with Gasteiger partial charge in [-0.2, -0.15) is 0 Å². The van der Waals surface area contributed by atoms with E-state index in [2.05, 4.69) is 5.16 Å². The Morgan fingerprint density at radius 2 is 2.11 bits per heavy atom. The van der Waals surface area contributed by atoms with Crippen molar-refractivity contribution in [2.24, 2.45) is 5.16 Å². The highest BCUT2D eigenvalue weighted by molar-refractivity contribution is 5.92. The first-order valence-corrected chi connectivity index (χ1v) is 2.48. The maximum atomic E-state index is 12.5. The molecule has 1 N–H and O–H groups in total. The van der Waals surface area contributed by atoms with Crippen LogP contribution in [-0.4, -0.2) is 23.3 Å². The Labute approximate surface area is 52.2 Å². The Hall–Kier alpha value is -0.670. The lowest BCUT2D eigenvalue weighted by atomic mass is 10.1. The van der Waals surface area contributed by atoms with Crippen LogP contribution < -0.4 is 0 Å². The van der Waals surface area contributed by atoms with Crippen LogP contribution in [0.4, 0.5) is 8.78 Å². The quantitative estimate of drug-likeness (QED) is 0.349. The van der Waals surface area contributed by atoms with Gasteiger partial charge in [0.1, 0.15) is 18.1 Å². The molecule has 54 valence electrons. The molecule has 9 heavy (non-hydrogen) atoms. The van der Waals surface area contributed by atoms with E-state index >= 15 is 0 Å². The molecule has 0 radical (unpaired) electrons. The molecular formula is C5H9F2NO. The highest BCUT2D eigenvalue weighted by Gasteiger charge is 2.24. The fourth-order valence-electron chi connectivity index (χ4n) is 0.305. The molecule has 0 rings (SSSR count). The van der Waals surface area contributed by atoms with Crippen LogP contribution in [0.5, 0.6) is 0 Å². The van der Waals surface area contributed by atoms with Gasteiger partial charge in [-0.3, -0.25) is 0 Å². The summed E-state index contributed by atoms with van der Waals surface area (Å²) in [4.78, 5) is 0. The van der Waals surface area contributed by atoms with Gasteiger partial charge < -0.3 is 5.21 Å². The summed E-state index contributed by atoms with van der Waals surface area (Å²) in [5, 5.41) is 10.4. The van der Waals surface area contributed by atoms with Gasteiger partial charge in [0, 0.05) is 0 Å². The minimum atomic E-state index is -1.86. The largest absolute Gasteiger partial charge is 0.411 e. The molecule has 0 fully saturated rings. The van der Waals surface area contributed by atoms with Gasteiger partial charge in [-0.1, -0.05) is 5.16 Å². The van der Waals surface area contributed by atoms with E-state index in [1.807, 2.05) is 0 Å². The molecule has 0 atom stereocenters. The summed E-state index contributed by atoms with van der Waals surface area (Å²) >= 11 is 0. The number of hydrogen-bond acceptors (Lipinski definition) is 2. The maximum absolute atomic E-state index is 12.5. The van der Waals surface area contributed by atoms with Crippen LogP contribution in [0.3, 0.4) is 0 Å². The minimum absolute atomic E-state index is 0.484. The lowest BCUT2D eigenvalue weighted by Gasteiger charge is -2.11. The van der Waals surface area contributed by atoms with Crippen molar-refractivity contribution < 1.29 is 14.0 Å². The molecule has 0 heterocycles. The number of rotatable bonds is 2. The van der Waals surface area contributed by atoms with Gasteiger partial charge in [0.25, 0.3) is 0 Å². The summed E-state index contributed by atoms with van der Waals surface area (Å²) < 4.78 is 24.1. The molecule has 0 aliphatic carbocycles. The smallest absolute Gasteiger partial charge is 0.149 e. The predicted molar refractivity (Wildman–Crippen MR) is 30.4 cm³/mol. The van der Waals surface area contributed by atoms with Crippen molar-refractivity contribution in [1.82, 2.24) is 0 Å². The van der Waals surface area contributed by atoms with Crippen molar-refractivity contribution in [2.45, 2.75) is 19.5 Å². The maximum Gasteiger partial charge on any atom is 0.149 e. The minimum Gasteiger partial charge on any atom is -0.411 e. The van der Waals surface area contributed by atoms with Crippen LogP contribution in [0.25, 0.3) is 0 Å². The zero-order valence-corrected chi connectivity index (χ0v) is 5.36. The van der Waals surface area contributed by atoms with Gasteiger partial charge in [0.15, 0.2) is 0 Å². The van der Waals surface area contributed by atoms with Crippen LogP contribution in [0.15, 0.2) is 5.16 Å². The second-order valence-corrected chi connectivity index (χ2v) is 2.15. The van der Waals surface area contributed by atoms with Gasteiger partial charge in [0.2, 0.25) is 0 Å². The standard InChI is InChI=1S/C5H9F2NO/c1-5(2,7)4(3-6)8-9/h9H,3H2,1-2H3/b8-4-. The monoisotopic (exact) mass is 137 g/mol. The predicted octanol–water partition coefficient (Wildman–Crippen LogP) is 1.53. The zero-order valence-electron chi connectivity index (χ0n) is 5.36. The molecule has 0 aromatic heterocycles. The van der Waals surface area contributed by atoms with E-state index in [0.29, 0.717) is 0 Å². The number of nitrogens with zero attached hydrogens (tertiary/aromatic N) is 1. The van der Waals surface area contributed by atoms with Gasteiger partial charge in [-0.15, -0.1) is 0 Å². The van der Waals surface area contributed by atoms with Gasteiger partial charge in [-0.25, -0.2) is 8.78 Å². The Kier molecular flexibility index (Phi) is 2.55. The molecule has 0 aromatic carbocycles. The molecule has 0 amide bonds. The molecule has 0 aromatic rings. The van der Waals surface area contributed by atoms with Gasteiger partial charge in [-0.05, 0) is 13.8 Å². The lowest BCUT2D eigenvalue weighted by molar-refractivity contribution is 0.267. The number of hydrogen-bond donors (Lipinski definition) is 1. The average Bonchev–Trinajstić information content (AvgIpc) is 1.65. The summed E-state index contributed by atoms with van der Waals surface area (Å²) in [7, 11) is 0. The molecule has 0 saturated carbocycles. The first-order valence-electron chi connectivity index (χ1n) is 2.48. The van der Waals surface area contributed by atoms with Gasteiger partial charge >= 0.3 is 0 Å². The van der Waals surface area contributed by atoms with Crippen molar-refractivity contribution in [3.05, 3.63) is 0 Å². The number of halogens is 2. The Bertz CT molecular complexity index is 117. The van der Waals surface area contributed by atoms with Crippen molar-refractivity contribution in [3.8, 4) is 0 Å². The molecule has 0 unspecified atom stereocenters. The van der Waals surface area contributed by atoms with Crippen LogP contribution in [0.2, 0.25) is 0 Å². The highest BCUT2D eigenvalue weighted by atomic mass is 19.1. The van der Waals surface area contributed by atoms with E-state index in [0.717, 1.165) is 13.8 Å². The van der Waals surface area contributed by atoms with Crippen molar-refractivity contribution in [3.63, 3.8) is 0 Å². The van der Waals surface area contributed by atoms with Crippen molar-refractivity contribution >= 4 is 5.71 Å². The molecule has 0 bridgehead atoms. The van der Waals surface area contributed by atoms with E-state index in [-0.39, 0.29) is 0 Å². The van der Waals surface area contributed by atoms with Crippen molar-refractivity contribution in [2.75, 3.05) is 6.67 Å². The third kappa shape index (κ3) is 2.39. The summed E-state index contributed by atoms with van der Waals surface area (Å²) in [6.45, 7) is 1.20. The van der Waals surface area contributed by atoms with E-state index in [4.69, 9.17) is 5.21 Å². The Morgan fingerprint density at radius 1 is 1.67 bits per heavy atom. The van der Waals surface area contributed by atoms with Crippen LogP contribution in [0, 0.1) is 0 Å². The van der Waals surface area contributed by atoms with E-state index in [1.54, 1.807) is 0 Å². The summed E-state index contributed by atoms with van der Waals surface area (Å²) in [6, 6.07) is 0. The lowest BCUT2D eigenvalue weighted by Crippen LogP contribution is -2.27. The highest BCUT2D eigenvalue weighted by Crippen LogP contribution is 2.10. The normalized spacial score (nSPS) is 14.0. The molecule has 0 spiro atoms. The topological polar surface area (TPSA) is 32.6 Å². The Balaban J connectivity index is 4.14. The average molecular weight is 137 g/mol. The SMILES string of the molecule is CC(C)(F)/C(CF)=N\O. The Morgan fingerprint density at radius 3 is 2.11 bits per heavy atom. The van der Waals surface area contributed by atoms with Crippen LogP contribution in [0.1, 0.15) is 13.8 Å². The molecule has 0 aliphatic heterocycles. The molecule has 2 nitrogen and oxygen atoms in total. The van der Waals surface area contributed by atoms with E-state index in [1.165, 1.54) is 0 Å². The second-order valence-electron chi connectivity index (χ2n) is 2.15. The first-order chi connectivity index (χ1) is 4.02. The molecule has 0 saturated heterocycles.